The van der Waals surface area contributed by atoms with Gasteiger partial charge in [0.1, 0.15) is 0 Å². The Morgan fingerprint density at radius 1 is 0.579 bits per heavy atom. The highest BCUT2D eigenvalue weighted by Crippen LogP contribution is 2.39. The summed E-state index contributed by atoms with van der Waals surface area (Å²) < 4.78 is 0. The molecule has 2 saturated carbocycles. The zero-order chi connectivity index (χ0) is 13.3. The largest absolute Gasteiger partial charge is 0.0651 e. The van der Waals surface area contributed by atoms with Crippen molar-refractivity contribution in [1.29, 1.82) is 0 Å². The van der Waals surface area contributed by atoms with Crippen molar-refractivity contribution in [2.75, 3.05) is 0 Å². The molecule has 0 unspecified atom stereocenters. The lowest BCUT2D eigenvalue weighted by atomic mass is 9.70. The Labute approximate surface area is 121 Å². The monoisotopic (exact) mass is 264 g/mol. The third-order valence-corrected chi connectivity index (χ3v) is 5.98. The first-order valence-electron chi connectivity index (χ1n) is 9.42. The van der Waals surface area contributed by atoms with Crippen LogP contribution in [0.15, 0.2) is 0 Å². The van der Waals surface area contributed by atoms with Gasteiger partial charge in [-0.2, -0.15) is 0 Å². The minimum absolute atomic E-state index is 1.07. The second-order valence-corrected chi connectivity index (χ2v) is 7.28. The van der Waals surface area contributed by atoms with Crippen LogP contribution < -0.4 is 0 Å². The Hall–Kier alpha value is 0. The van der Waals surface area contributed by atoms with E-state index in [2.05, 4.69) is 6.92 Å². The molecule has 2 fully saturated rings. The van der Waals surface area contributed by atoms with Crippen molar-refractivity contribution in [3.63, 3.8) is 0 Å². The Kier molecular flexibility index (Phi) is 7.32. The molecule has 0 N–H and O–H groups in total. The van der Waals surface area contributed by atoms with Crippen molar-refractivity contribution in [3.05, 3.63) is 0 Å². The van der Waals surface area contributed by atoms with Gasteiger partial charge < -0.3 is 0 Å². The van der Waals surface area contributed by atoms with Crippen LogP contribution in [0.25, 0.3) is 0 Å². The van der Waals surface area contributed by atoms with E-state index in [0.717, 1.165) is 17.8 Å². The average Bonchev–Trinajstić information content (AvgIpc) is 2.34. The lowest BCUT2D eigenvalue weighted by Crippen LogP contribution is -2.25. The topological polar surface area (TPSA) is 0 Å². The van der Waals surface area contributed by atoms with E-state index in [1.165, 1.54) is 70.6 Å². The van der Waals surface area contributed by atoms with E-state index in [4.69, 9.17) is 0 Å². The Morgan fingerprint density at radius 2 is 0.895 bits per heavy atom. The smallest absolute Gasteiger partial charge is 0.0360 e. The third kappa shape index (κ3) is 5.12. The number of hydrogen-bond donors (Lipinski definition) is 0. The predicted octanol–water partition coefficient (Wildman–Crippen LogP) is 6.73. The molecule has 2 aliphatic rings. The first kappa shape index (κ1) is 15.4. The molecule has 0 amide bonds. The molecule has 0 aromatic heterocycles. The van der Waals surface area contributed by atoms with E-state index >= 15 is 0 Å². The maximum atomic E-state index is 2.47. The molecule has 0 bridgehead atoms. The van der Waals surface area contributed by atoms with Crippen LogP contribution in [0.3, 0.4) is 0 Å². The van der Waals surface area contributed by atoms with Crippen molar-refractivity contribution < 1.29 is 0 Å². The van der Waals surface area contributed by atoms with Crippen LogP contribution >= 0.6 is 0 Å². The van der Waals surface area contributed by atoms with Crippen LogP contribution in [0.1, 0.15) is 103 Å². The van der Waals surface area contributed by atoms with Gasteiger partial charge in [-0.3, -0.25) is 0 Å². The Balaban J connectivity index is 1.91. The molecule has 0 atom stereocenters. The molecule has 0 aromatic carbocycles. The standard InChI is InChI=1S/C19H36/c1-2-19(17-13-9-5-3-6-10-14-17)18-15-11-7-4-8-12-16-18/h17-19H,2-16H2,1H3. The van der Waals surface area contributed by atoms with Crippen LogP contribution in [-0.2, 0) is 0 Å². The summed E-state index contributed by atoms with van der Waals surface area (Å²) in [6.45, 7) is 2.47. The quantitative estimate of drug-likeness (QED) is 0.530. The van der Waals surface area contributed by atoms with Crippen LogP contribution in [0.4, 0.5) is 0 Å². The van der Waals surface area contributed by atoms with E-state index in [0.29, 0.717) is 0 Å². The molecule has 112 valence electrons. The summed E-state index contributed by atoms with van der Waals surface area (Å²) in [5, 5.41) is 0. The lowest BCUT2D eigenvalue weighted by Gasteiger charge is -2.35. The zero-order valence-electron chi connectivity index (χ0n) is 13.3. The average molecular weight is 264 g/mol. The minimum Gasteiger partial charge on any atom is -0.0651 e. The van der Waals surface area contributed by atoms with E-state index in [1.54, 1.807) is 25.7 Å². The van der Waals surface area contributed by atoms with Gasteiger partial charge in [0.25, 0.3) is 0 Å². The number of rotatable bonds is 3. The fraction of sp³-hybridized carbons (Fsp3) is 1.00. The molecule has 0 aliphatic heterocycles. The summed E-state index contributed by atoms with van der Waals surface area (Å²) in [5.41, 5.74) is 0. The van der Waals surface area contributed by atoms with Crippen LogP contribution in [0, 0.1) is 17.8 Å². The van der Waals surface area contributed by atoms with Gasteiger partial charge >= 0.3 is 0 Å². The third-order valence-electron chi connectivity index (χ3n) is 5.98. The van der Waals surface area contributed by atoms with Crippen molar-refractivity contribution in [2.24, 2.45) is 17.8 Å². The zero-order valence-corrected chi connectivity index (χ0v) is 13.3. The summed E-state index contributed by atoms with van der Waals surface area (Å²) in [4.78, 5) is 0. The van der Waals surface area contributed by atoms with Gasteiger partial charge in [-0.1, -0.05) is 103 Å². The van der Waals surface area contributed by atoms with Gasteiger partial charge in [-0.05, 0) is 17.8 Å². The highest BCUT2D eigenvalue weighted by atomic mass is 14.3. The predicted molar refractivity (Wildman–Crippen MR) is 85.4 cm³/mol. The van der Waals surface area contributed by atoms with Gasteiger partial charge in [-0.25, -0.2) is 0 Å². The second-order valence-electron chi connectivity index (χ2n) is 7.28. The van der Waals surface area contributed by atoms with Crippen LogP contribution in [-0.4, -0.2) is 0 Å². The summed E-state index contributed by atoms with van der Waals surface area (Å²) in [6.07, 6.45) is 22.8. The molecule has 0 aromatic rings. The van der Waals surface area contributed by atoms with Gasteiger partial charge in [0.05, 0.1) is 0 Å². The summed E-state index contributed by atoms with van der Waals surface area (Å²) in [5.74, 6) is 3.22. The maximum absolute atomic E-state index is 2.47. The molecular weight excluding hydrogens is 228 g/mol. The fourth-order valence-corrected chi connectivity index (χ4v) is 4.88. The second kappa shape index (κ2) is 9.03. The van der Waals surface area contributed by atoms with Gasteiger partial charge in [0.15, 0.2) is 0 Å². The summed E-state index contributed by atoms with van der Waals surface area (Å²) in [7, 11) is 0. The molecule has 0 radical (unpaired) electrons. The first-order chi connectivity index (χ1) is 9.42. The van der Waals surface area contributed by atoms with Gasteiger partial charge in [-0.15, -0.1) is 0 Å². The van der Waals surface area contributed by atoms with E-state index in [-0.39, 0.29) is 0 Å². The van der Waals surface area contributed by atoms with Crippen LogP contribution in [0.2, 0.25) is 0 Å². The van der Waals surface area contributed by atoms with Crippen molar-refractivity contribution in [1.82, 2.24) is 0 Å². The summed E-state index contributed by atoms with van der Waals surface area (Å²) in [6, 6.07) is 0. The Bertz CT molecular complexity index is 182. The molecule has 0 heterocycles. The Morgan fingerprint density at radius 3 is 1.21 bits per heavy atom. The van der Waals surface area contributed by atoms with Gasteiger partial charge in [0.2, 0.25) is 0 Å². The molecule has 0 saturated heterocycles. The summed E-state index contributed by atoms with van der Waals surface area (Å²) >= 11 is 0. The van der Waals surface area contributed by atoms with E-state index in [1.807, 2.05) is 0 Å². The SMILES string of the molecule is CCC(C1CCCCCCC1)C1CCCCCCC1. The molecular formula is C19H36. The highest BCUT2D eigenvalue weighted by molar-refractivity contribution is 4.79. The van der Waals surface area contributed by atoms with Gasteiger partial charge in [0, 0.05) is 0 Å². The van der Waals surface area contributed by atoms with E-state index < -0.39 is 0 Å². The molecule has 0 nitrogen and oxygen atoms in total. The molecule has 2 rings (SSSR count). The molecule has 0 spiro atoms. The minimum atomic E-state index is 1.07. The van der Waals surface area contributed by atoms with Crippen LogP contribution in [0.5, 0.6) is 0 Å². The fourth-order valence-electron chi connectivity index (χ4n) is 4.88. The van der Waals surface area contributed by atoms with E-state index in [9.17, 15) is 0 Å². The molecule has 2 aliphatic carbocycles. The van der Waals surface area contributed by atoms with Crippen molar-refractivity contribution in [3.8, 4) is 0 Å². The highest BCUT2D eigenvalue weighted by Gasteiger charge is 2.28. The molecule has 0 heteroatoms. The normalized spacial score (nSPS) is 25.6. The van der Waals surface area contributed by atoms with Crippen molar-refractivity contribution in [2.45, 2.75) is 103 Å². The molecule has 19 heavy (non-hydrogen) atoms. The first-order valence-corrected chi connectivity index (χ1v) is 9.42. The number of hydrogen-bond acceptors (Lipinski definition) is 0. The lowest BCUT2D eigenvalue weighted by molar-refractivity contribution is 0.156. The van der Waals surface area contributed by atoms with Crippen molar-refractivity contribution >= 4 is 0 Å². The maximum Gasteiger partial charge on any atom is -0.0360 e.